The number of hydrogen-bond donors (Lipinski definition) is 3. The minimum atomic E-state index is -0.521. The van der Waals surface area contributed by atoms with Crippen LogP contribution in [0, 0.1) is 5.92 Å². The molecule has 1 aromatic rings. The Morgan fingerprint density at radius 1 is 1.48 bits per heavy atom. The lowest BCUT2D eigenvalue weighted by Crippen LogP contribution is -2.55. The van der Waals surface area contributed by atoms with Gasteiger partial charge in [0.15, 0.2) is 5.82 Å². The lowest BCUT2D eigenvalue weighted by atomic mass is 9.93. The van der Waals surface area contributed by atoms with Crippen molar-refractivity contribution in [3.63, 3.8) is 0 Å². The highest BCUT2D eigenvalue weighted by Gasteiger charge is 2.30. The Bertz CT molecular complexity index is 533. The molecule has 0 unspecified atom stereocenters. The molecule has 0 radical (unpaired) electrons. The van der Waals surface area contributed by atoms with Crippen molar-refractivity contribution in [2.45, 2.75) is 45.6 Å². The molecule has 1 aliphatic rings. The van der Waals surface area contributed by atoms with Gasteiger partial charge in [0.25, 0.3) is 0 Å². The van der Waals surface area contributed by atoms with Crippen LogP contribution in [-0.4, -0.2) is 29.7 Å². The number of urea groups is 1. The summed E-state index contributed by atoms with van der Waals surface area (Å²) in [5, 5.41) is 11.8. The molecule has 1 fully saturated rings. The van der Waals surface area contributed by atoms with E-state index in [1.165, 1.54) is 0 Å². The standard InChI is InChI=1S/C14H22N4O3/c1-8-5-6-15-12(19)11(8)17-13(20)16-10-7-9(21-18-10)14(2,3)4/h7-8,11H,5-6H2,1-4H3,(H,15,19)(H2,16,17,18,20)/t8-,11-/m1/s1. The Morgan fingerprint density at radius 2 is 2.19 bits per heavy atom. The molecule has 0 bridgehead atoms. The highest BCUT2D eigenvalue weighted by molar-refractivity contribution is 5.93. The summed E-state index contributed by atoms with van der Waals surface area (Å²) in [6, 6.07) is 0.703. The molecule has 21 heavy (non-hydrogen) atoms. The van der Waals surface area contributed by atoms with E-state index in [9.17, 15) is 9.59 Å². The lowest BCUT2D eigenvalue weighted by molar-refractivity contribution is -0.125. The number of hydrogen-bond acceptors (Lipinski definition) is 4. The van der Waals surface area contributed by atoms with Gasteiger partial charge < -0.3 is 15.2 Å². The quantitative estimate of drug-likeness (QED) is 0.772. The maximum Gasteiger partial charge on any atom is 0.321 e. The molecule has 0 saturated carbocycles. The van der Waals surface area contributed by atoms with Crippen LogP contribution in [-0.2, 0) is 10.2 Å². The van der Waals surface area contributed by atoms with Crippen molar-refractivity contribution in [1.29, 1.82) is 0 Å². The average Bonchev–Trinajstić information content (AvgIpc) is 2.82. The van der Waals surface area contributed by atoms with Crippen LogP contribution in [0.3, 0.4) is 0 Å². The van der Waals surface area contributed by atoms with Crippen molar-refractivity contribution in [1.82, 2.24) is 15.8 Å². The number of aromatic nitrogens is 1. The molecule has 7 heteroatoms. The molecule has 0 aliphatic carbocycles. The van der Waals surface area contributed by atoms with Gasteiger partial charge in [0.2, 0.25) is 5.91 Å². The molecule has 0 aromatic carbocycles. The average molecular weight is 294 g/mol. The van der Waals surface area contributed by atoms with Gasteiger partial charge in [-0.25, -0.2) is 4.79 Å². The van der Waals surface area contributed by atoms with E-state index in [1.807, 2.05) is 27.7 Å². The second kappa shape index (κ2) is 5.75. The van der Waals surface area contributed by atoms with Crippen molar-refractivity contribution >= 4 is 17.8 Å². The number of anilines is 1. The van der Waals surface area contributed by atoms with Gasteiger partial charge in [-0.3, -0.25) is 10.1 Å². The number of rotatable bonds is 2. The number of piperidine rings is 1. The summed E-state index contributed by atoms with van der Waals surface area (Å²) in [6.45, 7) is 8.57. The summed E-state index contributed by atoms with van der Waals surface area (Å²) in [6.07, 6.45) is 0.842. The van der Waals surface area contributed by atoms with Gasteiger partial charge in [-0.2, -0.15) is 0 Å². The molecule has 0 spiro atoms. The molecule has 2 atom stereocenters. The maximum absolute atomic E-state index is 11.9. The highest BCUT2D eigenvalue weighted by atomic mass is 16.5. The van der Waals surface area contributed by atoms with Crippen molar-refractivity contribution in [3.8, 4) is 0 Å². The predicted molar refractivity (Wildman–Crippen MR) is 77.9 cm³/mol. The van der Waals surface area contributed by atoms with E-state index in [2.05, 4.69) is 21.1 Å². The van der Waals surface area contributed by atoms with E-state index < -0.39 is 12.1 Å². The molecule has 1 aliphatic heterocycles. The minimum Gasteiger partial charge on any atom is -0.359 e. The van der Waals surface area contributed by atoms with Gasteiger partial charge in [0, 0.05) is 18.0 Å². The fraction of sp³-hybridized carbons (Fsp3) is 0.643. The fourth-order valence-electron chi connectivity index (χ4n) is 2.15. The van der Waals surface area contributed by atoms with E-state index in [0.717, 1.165) is 6.42 Å². The molecule has 2 rings (SSSR count). The van der Waals surface area contributed by atoms with Crippen LogP contribution in [0.4, 0.5) is 10.6 Å². The van der Waals surface area contributed by atoms with Gasteiger partial charge in [-0.05, 0) is 12.3 Å². The normalized spacial score (nSPS) is 22.6. The third kappa shape index (κ3) is 3.74. The van der Waals surface area contributed by atoms with Crippen LogP contribution in [0.1, 0.15) is 39.9 Å². The van der Waals surface area contributed by atoms with Crippen LogP contribution in [0.5, 0.6) is 0 Å². The Balaban J connectivity index is 1.95. The lowest BCUT2D eigenvalue weighted by Gasteiger charge is -2.28. The first kappa shape index (κ1) is 15.3. The summed E-state index contributed by atoms with van der Waals surface area (Å²) in [5.41, 5.74) is -0.179. The first-order valence-electron chi connectivity index (χ1n) is 7.10. The van der Waals surface area contributed by atoms with E-state index in [-0.39, 0.29) is 17.2 Å². The van der Waals surface area contributed by atoms with Crippen molar-refractivity contribution < 1.29 is 14.1 Å². The van der Waals surface area contributed by atoms with Gasteiger partial charge >= 0.3 is 6.03 Å². The second-order valence-electron chi connectivity index (χ2n) is 6.46. The minimum absolute atomic E-state index is 0.104. The topological polar surface area (TPSA) is 96.3 Å². The van der Waals surface area contributed by atoms with Gasteiger partial charge in [-0.1, -0.05) is 32.9 Å². The highest BCUT2D eigenvalue weighted by Crippen LogP contribution is 2.24. The molecule has 7 nitrogen and oxygen atoms in total. The van der Waals surface area contributed by atoms with Crippen molar-refractivity contribution in [2.24, 2.45) is 5.92 Å². The van der Waals surface area contributed by atoms with Gasteiger partial charge in [0.05, 0.1) is 0 Å². The second-order valence-corrected chi connectivity index (χ2v) is 6.46. The summed E-state index contributed by atoms with van der Waals surface area (Å²) >= 11 is 0. The van der Waals surface area contributed by atoms with Crippen LogP contribution < -0.4 is 16.0 Å². The Morgan fingerprint density at radius 3 is 2.76 bits per heavy atom. The van der Waals surface area contributed by atoms with E-state index in [1.54, 1.807) is 6.07 Å². The maximum atomic E-state index is 11.9. The smallest absolute Gasteiger partial charge is 0.321 e. The largest absolute Gasteiger partial charge is 0.359 e. The summed E-state index contributed by atoms with van der Waals surface area (Å²) in [5.74, 6) is 0.967. The number of carbonyl (C=O) groups excluding carboxylic acids is 2. The van der Waals surface area contributed by atoms with Crippen LogP contribution in [0.25, 0.3) is 0 Å². The number of nitrogens with zero attached hydrogens (tertiary/aromatic N) is 1. The zero-order valence-corrected chi connectivity index (χ0v) is 12.8. The molecule has 3 amide bonds. The zero-order chi connectivity index (χ0) is 15.6. The van der Waals surface area contributed by atoms with E-state index in [0.29, 0.717) is 18.1 Å². The number of carbonyl (C=O) groups is 2. The first-order chi connectivity index (χ1) is 9.77. The predicted octanol–water partition coefficient (Wildman–Crippen LogP) is 1.62. The van der Waals surface area contributed by atoms with E-state index in [4.69, 9.17) is 4.52 Å². The summed E-state index contributed by atoms with van der Waals surface area (Å²) in [7, 11) is 0. The Kier molecular flexibility index (Phi) is 4.20. The molecule has 1 aromatic heterocycles. The monoisotopic (exact) mass is 294 g/mol. The molecule has 116 valence electrons. The van der Waals surface area contributed by atoms with Crippen molar-refractivity contribution in [3.05, 3.63) is 11.8 Å². The van der Waals surface area contributed by atoms with Gasteiger partial charge in [-0.15, -0.1) is 0 Å². The van der Waals surface area contributed by atoms with Crippen LogP contribution in [0.15, 0.2) is 10.6 Å². The first-order valence-corrected chi connectivity index (χ1v) is 7.10. The number of amides is 3. The molecule has 3 N–H and O–H groups in total. The summed E-state index contributed by atoms with van der Waals surface area (Å²) in [4.78, 5) is 23.7. The van der Waals surface area contributed by atoms with Crippen LogP contribution in [0.2, 0.25) is 0 Å². The third-order valence-electron chi connectivity index (χ3n) is 3.53. The van der Waals surface area contributed by atoms with Crippen LogP contribution >= 0.6 is 0 Å². The van der Waals surface area contributed by atoms with Crippen molar-refractivity contribution in [2.75, 3.05) is 11.9 Å². The SMILES string of the molecule is C[C@@H]1CCNC(=O)[C@@H]1NC(=O)Nc1cc(C(C)(C)C)on1. The zero-order valence-electron chi connectivity index (χ0n) is 12.8. The van der Waals surface area contributed by atoms with E-state index >= 15 is 0 Å². The Hall–Kier alpha value is -2.05. The molecule has 2 heterocycles. The summed E-state index contributed by atoms with van der Waals surface area (Å²) < 4.78 is 5.19. The third-order valence-corrected chi connectivity index (χ3v) is 3.53. The van der Waals surface area contributed by atoms with Gasteiger partial charge in [0.1, 0.15) is 11.8 Å². The number of nitrogens with one attached hydrogen (secondary N) is 3. The molecular formula is C14H22N4O3. The Labute approximate surface area is 123 Å². The molecular weight excluding hydrogens is 272 g/mol. The fourth-order valence-corrected chi connectivity index (χ4v) is 2.15. The molecule has 1 saturated heterocycles.